The van der Waals surface area contributed by atoms with Gasteiger partial charge < -0.3 is 5.32 Å². The zero-order valence-electron chi connectivity index (χ0n) is 9.63. The molecule has 0 saturated carbocycles. The highest BCUT2D eigenvalue weighted by Gasteiger charge is 2.12. The number of benzene rings is 1. The fraction of sp³-hybridized carbons (Fsp3) is 0. The molecule has 0 aliphatic heterocycles. The van der Waals surface area contributed by atoms with Gasteiger partial charge in [0.1, 0.15) is 5.15 Å². The Morgan fingerprint density at radius 1 is 1.21 bits per heavy atom. The third-order valence-corrected chi connectivity index (χ3v) is 3.73. The molecule has 2 aromatic heterocycles. The van der Waals surface area contributed by atoms with Crippen LogP contribution < -0.4 is 5.32 Å². The fourth-order valence-electron chi connectivity index (χ4n) is 1.60. The van der Waals surface area contributed by atoms with Crippen molar-refractivity contribution in [3.05, 3.63) is 52.8 Å². The molecule has 0 fully saturated rings. The van der Waals surface area contributed by atoms with Crippen LogP contribution in [0.25, 0.3) is 10.2 Å². The van der Waals surface area contributed by atoms with Crippen molar-refractivity contribution in [2.24, 2.45) is 0 Å². The predicted octanol–water partition coefficient (Wildman–Crippen LogP) is 3.60. The van der Waals surface area contributed by atoms with Gasteiger partial charge in [-0.05, 0) is 24.3 Å². The molecule has 3 aromatic rings. The number of aromatic nitrogens is 2. The summed E-state index contributed by atoms with van der Waals surface area (Å²) >= 11 is 7.04. The monoisotopic (exact) mass is 289 g/mol. The maximum Gasteiger partial charge on any atom is 0.284 e. The number of hydrogen-bond donors (Lipinski definition) is 1. The number of hydrogen-bond acceptors (Lipinski definition) is 4. The van der Waals surface area contributed by atoms with Crippen LogP contribution in [0.5, 0.6) is 0 Å². The van der Waals surface area contributed by atoms with Gasteiger partial charge in [0.2, 0.25) is 0 Å². The van der Waals surface area contributed by atoms with Crippen LogP contribution in [-0.4, -0.2) is 15.9 Å². The van der Waals surface area contributed by atoms with Crippen LogP contribution in [-0.2, 0) is 0 Å². The van der Waals surface area contributed by atoms with Gasteiger partial charge in [0.15, 0.2) is 5.01 Å². The molecule has 0 aliphatic carbocycles. The number of para-hydroxylation sites is 1. The predicted molar refractivity (Wildman–Crippen MR) is 76.8 cm³/mol. The average Bonchev–Trinajstić information content (AvgIpc) is 2.85. The second-order valence-corrected chi connectivity index (χ2v) is 5.23. The molecule has 0 radical (unpaired) electrons. The Hall–Kier alpha value is -1.98. The standard InChI is InChI=1S/C13H8ClN3OS/c14-11-6-5-8(7-15-11)16-12(18)13-17-9-3-1-2-4-10(9)19-13/h1-7H,(H,16,18). The Kier molecular flexibility index (Phi) is 3.15. The highest BCUT2D eigenvalue weighted by molar-refractivity contribution is 7.20. The molecule has 2 heterocycles. The summed E-state index contributed by atoms with van der Waals surface area (Å²) in [6.07, 6.45) is 1.51. The minimum atomic E-state index is -0.245. The number of fused-ring (bicyclic) bond motifs is 1. The van der Waals surface area contributed by atoms with Crippen molar-refractivity contribution in [2.45, 2.75) is 0 Å². The Balaban J connectivity index is 1.85. The van der Waals surface area contributed by atoms with E-state index >= 15 is 0 Å². The van der Waals surface area contributed by atoms with Crippen LogP contribution in [0, 0.1) is 0 Å². The first-order chi connectivity index (χ1) is 9.22. The second-order valence-electron chi connectivity index (χ2n) is 3.81. The molecule has 0 spiro atoms. The van der Waals surface area contributed by atoms with Gasteiger partial charge in [-0.15, -0.1) is 11.3 Å². The smallest absolute Gasteiger partial charge is 0.284 e. The number of carbonyl (C=O) groups excluding carboxylic acids is 1. The topological polar surface area (TPSA) is 54.9 Å². The molecule has 1 amide bonds. The molecule has 0 aliphatic rings. The van der Waals surface area contributed by atoms with E-state index in [0.29, 0.717) is 15.8 Å². The summed E-state index contributed by atoms with van der Waals surface area (Å²) in [4.78, 5) is 20.2. The first kappa shape index (κ1) is 12.1. The van der Waals surface area contributed by atoms with Crippen molar-refractivity contribution in [3.8, 4) is 0 Å². The summed E-state index contributed by atoms with van der Waals surface area (Å²) < 4.78 is 0.988. The molecule has 0 bridgehead atoms. The largest absolute Gasteiger partial charge is 0.319 e. The SMILES string of the molecule is O=C(Nc1ccc(Cl)nc1)c1nc2ccccc2s1. The van der Waals surface area contributed by atoms with Crippen LogP contribution >= 0.6 is 22.9 Å². The third kappa shape index (κ3) is 2.57. The zero-order valence-corrected chi connectivity index (χ0v) is 11.2. The molecular weight excluding hydrogens is 282 g/mol. The quantitative estimate of drug-likeness (QED) is 0.733. The third-order valence-electron chi connectivity index (χ3n) is 2.47. The van der Waals surface area contributed by atoms with E-state index in [2.05, 4.69) is 15.3 Å². The van der Waals surface area contributed by atoms with E-state index in [9.17, 15) is 4.79 Å². The van der Waals surface area contributed by atoms with Gasteiger partial charge in [-0.1, -0.05) is 23.7 Å². The van der Waals surface area contributed by atoms with Crippen molar-refractivity contribution >= 4 is 44.7 Å². The molecule has 6 heteroatoms. The van der Waals surface area contributed by atoms with E-state index in [1.165, 1.54) is 17.5 Å². The van der Waals surface area contributed by atoms with Crippen molar-refractivity contribution in [1.29, 1.82) is 0 Å². The van der Waals surface area contributed by atoms with E-state index in [-0.39, 0.29) is 5.91 Å². The van der Waals surface area contributed by atoms with Gasteiger partial charge in [-0.25, -0.2) is 9.97 Å². The maximum absolute atomic E-state index is 12.0. The molecular formula is C13H8ClN3OS. The number of carbonyl (C=O) groups is 1. The van der Waals surface area contributed by atoms with Crippen molar-refractivity contribution in [1.82, 2.24) is 9.97 Å². The summed E-state index contributed by atoms with van der Waals surface area (Å²) in [6, 6.07) is 11.0. The molecule has 19 heavy (non-hydrogen) atoms. The number of thiazole rings is 1. The van der Waals surface area contributed by atoms with Crippen molar-refractivity contribution < 1.29 is 4.79 Å². The molecule has 4 nitrogen and oxygen atoms in total. The van der Waals surface area contributed by atoms with E-state index in [4.69, 9.17) is 11.6 Å². The number of amides is 1. The first-order valence-electron chi connectivity index (χ1n) is 5.51. The average molecular weight is 290 g/mol. The number of halogens is 1. The minimum absolute atomic E-state index is 0.245. The van der Waals surface area contributed by atoms with Gasteiger partial charge in [-0.2, -0.15) is 0 Å². The molecule has 3 rings (SSSR count). The molecule has 1 N–H and O–H groups in total. The number of anilines is 1. The fourth-order valence-corrected chi connectivity index (χ4v) is 2.58. The van der Waals surface area contributed by atoms with Crippen LogP contribution in [0.15, 0.2) is 42.6 Å². The maximum atomic E-state index is 12.0. The lowest BCUT2D eigenvalue weighted by molar-refractivity contribution is 0.102. The second kappa shape index (κ2) is 4.95. The molecule has 1 aromatic carbocycles. The lowest BCUT2D eigenvalue weighted by Crippen LogP contribution is -2.11. The highest BCUT2D eigenvalue weighted by atomic mass is 35.5. The minimum Gasteiger partial charge on any atom is -0.319 e. The normalized spacial score (nSPS) is 10.6. The Morgan fingerprint density at radius 3 is 2.79 bits per heavy atom. The van der Waals surface area contributed by atoms with E-state index < -0.39 is 0 Å². The summed E-state index contributed by atoms with van der Waals surface area (Å²) in [6.45, 7) is 0. The van der Waals surface area contributed by atoms with Gasteiger partial charge in [-0.3, -0.25) is 4.79 Å². The van der Waals surface area contributed by atoms with E-state index in [0.717, 1.165) is 10.2 Å². The Morgan fingerprint density at radius 2 is 2.05 bits per heavy atom. The number of pyridine rings is 1. The van der Waals surface area contributed by atoms with Gasteiger partial charge >= 0.3 is 0 Å². The van der Waals surface area contributed by atoms with Crippen LogP contribution in [0.4, 0.5) is 5.69 Å². The summed E-state index contributed by atoms with van der Waals surface area (Å²) in [5.74, 6) is -0.245. The zero-order chi connectivity index (χ0) is 13.2. The molecule has 0 unspecified atom stereocenters. The molecule has 0 atom stereocenters. The lowest BCUT2D eigenvalue weighted by atomic mass is 10.3. The molecule has 0 saturated heterocycles. The first-order valence-corrected chi connectivity index (χ1v) is 6.70. The van der Waals surface area contributed by atoms with Crippen molar-refractivity contribution in [2.75, 3.05) is 5.32 Å². The van der Waals surface area contributed by atoms with Gasteiger partial charge in [0.25, 0.3) is 5.91 Å². The summed E-state index contributed by atoms with van der Waals surface area (Å²) in [7, 11) is 0. The van der Waals surface area contributed by atoms with E-state index in [1.54, 1.807) is 12.1 Å². The van der Waals surface area contributed by atoms with Gasteiger partial charge in [0.05, 0.1) is 22.1 Å². The van der Waals surface area contributed by atoms with Crippen LogP contribution in [0.2, 0.25) is 5.15 Å². The summed E-state index contributed by atoms with van der Waals surface area (Å²) in [5, 5.41) is 3.55. The highest BCUT2D eigenvalue weighted by Crippen LogP contribution is 2.22. The van der Waals surface area contributed by atoms with Gasteiger partial charge in [0, 0.05) is 0 Å². The number of nitrogens with one attached hydrogen (secondary N) is 1. The van der Waals surface area contributed by atoms with Crippen LogP contribution in [0.1, 0.15) is 9.80 Å². The lowest BCUT2D eigenvalue weighted by Gasteiger charge is -2.01. The molecule has 94 valence electrons. The Labute approximate surface area is 118 Å². The number of rotatable bonds is 2. The summed E-state index contributed by atoms with van der Waals surface area (Å²) in [5.41, 5.74) is 1.42. The van der Waals surface area contributed by atoms with E-state index in [1.807, 2.05) is 24.3 Å². The Bertz CT molecular complexity index is 706. The number of nitrogens with zero attached hydrogens (tertiary/aromatic N) is 2. The van der Waals surface area contributed by atoms with Crippen molar-refractivity contribution in [3.63, 3.8) is 0 Å². The van der Waals surface area contributed by atoms with Crippen LogP contribution in [0.3, 0.4) is 0 Å².